The molecule has 4 aromatic rings. The molecule has 0 N–H and O–H groups in total. The number of piperidine rings is 1. The van der Waals surface area contributed by atoms with Gasteiger partial charge >= 0.3 is 27.7 Å². The summed E-state index contributed by atoms with van der Waals surface area (Å²) in [6, 6.07) is 39.9. The third-order valence-corrected chi connectivity index (χ3v) is 32.0. The van der Waals surface area contributed by atoms with Crippen LogP contribution in [0.3, 0.4) is 0 Å². The molecule has 5 aliphatic carbocycles. The van der Waals surface area contributed by atoms with Crippen LogP contribution in [0.15, 0.2) is 130 Å². The molecule has 2 aliphatic heterocycles. The molecule has 0 aromatic heterocycles. The molecule has 4 unspecified atom stereocenters. The molecule has 4 aromatic carbocycles. The highest BCUT2D eigenvalue weighted by Gasteiger charge is 2.81. The van der Waals surface area contributed by atoms with E-state index in [-0.39, 0.29) is 132 Å². The molecule has 7 fully saturated rings. The second-order valence-corrected chi connectivity index (χ2v) is 40.0. The van der Waals surface area contributed by atoms with Gasteiger partial charge in [0.05, 0.1) is 30.7 Å². The van der Waals surface area contributed by atoms with Crippen LogP contribution in [-0.4, -0.2) is 145 Å². The number of ketones is 4. The second kappa shape index (κ2) is 35.1. The van der Waals surface area contributed by atoms with E-state index in [0.29, 0.717) is 64.7 Å². The van der Waals surface area contributed by atoms with Gasteiger partial charge in [-0.05, 0) is 159 Å². The SMILES string of the molecule is CC(OC(=O)CC[C@@H](C)[C@H]1CC[C@H]2[C@@H]3C(=O)C[C@@H]4CC(=O)CC[C@]4(C)[C@H]3CC(=O)[C@]12C)C(F)(F)S(=O)(=O)[O-].CCCCOc1ccc(C(=O)C([S+]2CCOCC2)C(C)(C)C)cc1.O=S(=O)([O-])C(F)(F)C(F)(F)C(F)(F)S(=O)(=O)N1CCC2CCCCC2C1.c1ccc([S+](c2ccccc2)c2ccccc2)cc1. The van der Waals surface area contributed by atoms with E-state index in [1.165, 1.54) is 14.7 Å². The first-order valence-corrected chi connectivity index (χ1v) is 43.6. The van der Waals surface area contributed by atoms with Gasteiger partial charge < -0.3 is 23.3 Å². The van der Waals surface area contributed by atoms with Crippen molar-refractivity contribution in [2.24, 2.45) is 63.6 Å². The molecule has 12 atom stereocenters. The molecule has 0 spiro atoms. The molecule has 30 heteroatoms. The molecule has 2 saturated heterocycles. The topological polar surface area (TPSA) is 265 Å². The fourth-order valence-corrected chi connectivity index (χ4v) is 24.4. The number of fused-ring (bicyclic) bond motifs is 6. The lowest BCUT2D eigenvalue weighted by atomic mass is 9.44. The third kappa shape index (κ3) is 19.1. The van der Waals surface area contributed by atoms with E-state index >= 15 is 0 Å². The van der Waals surface area contributed by atoms with Gasteiger partial charge in [0.1, 0.15) is 34.6 Å². The van der Waals surface area contributed by atoms with Gasteiger partial charge in [0.25, 0.3) is 10.0 Å². The van der Waals surface area contributed by atoms with Crippen LogP contribution in [0.25, 0.3) is 0 Å². The zero-order valence-electron chi connectivity index (χ0n) is 61.6. The monoisotopic (exact) mass is 1610 g/mol. The van der Waals surface area contributed by atoms with E-state index in [0.717, 1.165) is 68.3 Å². The highest BCUT2D eigenvalue weighted by Crippen LogP contribution is 2.66. The van der Waals surface area contributed by atoms with Crippen molar-refractivity contribution in [3.8, 4) is 5.75 Å². The minimum atomic E-state index is -7.25. The summed E-state index contributed by atoms with van der Waals surface area (Å²) in [5.74, 6) is -5.46. The van der Waals surface area contributed by atoms with Crippen LogP contribution in [0.4, 0.5) is 35.1 Å². The Bertz CT molecular complexity index is 3970. The Balaban J connectivity index is 0.000000186. The largest absolute Gasteiger partial charge is 0.743 e. The number of sulfonamides is 1. The summed E-state index contributed by atoms with van der Waals surface area (Å²) in [5.41, 5.74) is -0.192. The van der Waals surface area contributed by atoms with Gasteiger partial charge in [0.15, 0.2) is 46.3 Å². The molecule has 107 heavy (non-hydrogen) atoms. The van der Waals surface area contributed by atoms with Crippen molar-refractivity contribution in [2.75, 3.05) is 44.4 Å². The van der Waals surface area contributed by atoms with Crippen LogP contribution in [0.2, 0.25) is 0 Å². The summed E-state index contributed by atoms with van der Waals surface area (Å²) in [6.45, 7) is 16.5. The van der Waals surface area contributed by atoms with Gasteiger partial charge in [-0.3, -0.25) is 24.0 Å². The minimum absolute atomic E-state index is 0.0110. The Hall–Kier alpha value is -5.34. The zero-order chi connectivity index (χ0) is 79.1. The smallest absolute Gasteiger partial charge is 0.428 e. The standard InChI is InChI=1S/C27H38F2O8S.C20H31O3S.C18H15S.C12H17F6NO5S2/c1-14(5-8-23(33)37-15(2)27(28,29)38(34,35)36)18-6-7-19-24-20(13-22(32)26(18,19)4)25(3)10-9-17(30)11-16(25)12-21(24)31;1-5-6-11-23-17-9-7-16(8-10-17)18(21)19(20(2,3)4)24-14-12-22-13-15-24;1-4-10-16(11-5-1)19(17-12-6-2-7-13-17)18-14-8-3-9-15-18;13-10(14,12(17,18)26(22,23)24)11(15,16)25(20,21)19-6-5-8-3-1-2-4-9(8)7-19/h14-16,18-20,24H,5-13H2,1-4H3,(H,34,35,36);7-10,19H,5-6,11-15H2,1-4H3;1-15H;8-9H,1-7H2,(H,22,23,24)/q;2*+1;/p-2/t14-,15?,16+,18-,19+,20+,24+,25+,26-;;;/m1.../s1. The average molecular weight is 1610 g/mol. The number of benzene rings is 4. The zero-order valence-corrected chi connectivity index (χ0v) is 65.6. The number of alkyl halides is 8. The number of ether oxygens (including phenoxy) is 3. The van der Waals surface area contributed by atoms with Crippen LogP contribution >= 0.6 is 0 Å². The van der Waals surface area contributed by atoms with Crippen molar-refractivity contribution in [1.29, 1.82) is 0 Å². The van der Waals surface area contributed by atoms with E-state index in [1.807, 2.05) is 38.1 Å². The lowest BCUT2D eigenvalue weighted by Gasteiger charge is -2.58. The minimum Gasteiger partial charge on any atom is -0.743 e. The van der Waals surface area contributed by atoms with Gasteiger partial charge in [-0.1, -0.05) is 129 Å². The molecule has 0 radical (unpaired) electrons. The van der Waals surface area contributed by atoms with Crippen molar-refractivity contribution in [3.05, 3.63) is 121 Å². The maximum atomic E-state index is 14.0. The van der Waals surface area contributed by atoms with Crippen LogP contribution in [-0.2, 0) is 80.7 Å². The number of halogens is 8. The van der Waals surface area contributed by atoms with Gasteiger partial charge in [-0.15, -0.1) is 0 Å². The third-order valence-electron chi connectivity index (χ3n) is 23.0. The molecule has 7 aliphatic rings. The van der Waals surface area contributed by atoms with E-state index in [4.69, 9.17) is 9.47 Å². The Morgan fingerprint density at radius 3 is 1.75 bits per heavy atom. The molecule has 11 rings (SSSR count). The van der Waals surface area contributed by atoms with Crippen LogP contribution < -0.4 is 4.74 Å². The molecule has 594 valence electrons. The lowest BCUT2D eigenvalue weighted by Crippen LogP contribution is -2.64. The van der Waals surface area contributed by atoms with Gasteiger partial charge in [0, 0.05) is 78.4 Å². The van der Waals surface area contributed by atoms with Crippen molar-refractivity contribution in [2.45, 2.75) is 206 Å². The van der Waals surface area contributed by atoms with Gasteiger partial charge in [-0.2, -0.15) is 39.4 Å². The summed E-state index contributed by atoms with van der Waals surface area (Å²) in [6.07, 6.45) is 6.22. The first kappa shape index (κ1) is 87.2. The maximum absolute atomic E-state index is 14.0. The van der Waals surface area contributed by atoms with Gasteiger partial charge in [-0.25, -0.2) is 25.3 Å². The predicted octanol–water partition coefficient (Wildman–Crippen LogP) is 15.1. The molecule has 17 nitrogen and oxygen atoms in total. The van der Waals surface area contributed by atoms with Gasteiger partial charge in [0.2, 0.25) is 5.78 Å². The number of hydrogen-bond acceptors (Lipinski definition) is 16. The van der Waals surface area contributed by atoms with E-state index in [1.54, 1.807) is 0 Å². The molecule has 5 saturated carbocycles. The number of rotatable bonds is 22. The normalized spacial score (nSPS) is 26.3. The molecule has 0 amide bonds. The number of Topliss-reactive ketones (excluding diaryl/α,β-unsaturated/α-hetero) is 4. The number of carbonyl (C=O) groups is 5. The first-order chi connectivity index (χ1) is 49.9. The lowest BCUT2D eigenvalue weighted by molar-refractivity contribution is -0.247. The second-order valence-electron chi connectivity index (χ2n) is 30.8. The van der Waals surface area contributed by atoms with Crippen molar-refractivity contribution in [3.63, 3.8) is 0 Å². The highest BCUT2D eigenvalue weighted by atomic mass is 32.2. The Morgan fingerprint density at radius 2 is 1.23 bits per heavy atom. The summed E-state index contributed by atoms with van der Waals surface area (Å²) in [7, 11) is -19.5. The summed E-state index contributed by atoms with van der Waals surface area (Å²) < 4.78 is 212. The van der Waals surface area contributed by atoms with E-state index in [9.17, 15) is 93.5 Å². The molecular weight excluding hydrogens is 1510 g/mol. The van der Waals surface area contributed by atoms with Crippen molar-refractivity contribution >= 4 is 81.2 Å². The number of nitrogens with zero attached hydrogens (tertiary/aromatic N) is 1. The summed E-state index contributed by atoms with van der Waals surface area (Å²) >= 11 is 0. The molecule has 2 heterocycles. The predicted molar refractivity (Wildman–Crippen MR) is 389 cm³/mol. The number of carbonyl (C=O) groups excluding carboxylic acids is 5. The fourth-order valence-electron chi connectivity index (χ4n) is 17.0. The van der Waals surface area contributed by atoms with Crippen LogP contribution in [0.5, 0.6) is 5.75 Å². The quantitative estimate of drug-likeness (QED) is 0.0177. The number of hydrogen-bond donors (Lipinski definition) is 0. The number of unbranched alkanes of at least 4 members (excludes halogenated alkanes) is 1. The van der Waals surface area contributed by atoms with Crippen LogP contribution in [0.1, 0.15) is 168 Å². The first-order valence-electron chi connectivity index (χ1n) is 36.5. The van der Waals surface area contributed by atoms with E-state index in [2.05, 4.69) is 130 Å². The van der Waals surface area contributed by atoms with Crippen molar-refractivity contribution < 1.29 is 108 Å². The Labute approximate surface area is 629 Å². The fraction of sp³-hybridized carbons (Fsp3) is 0.623. The van der Waals surface area contributed by atoms with Crippen LogP contribution in [0, 0.1) is 63.6 Å². The highest BCUT2D eigenvalue weighted by molar-refractivity contribution is 7.98. The molecular formula is C77H99F8NO16S5. The Kier molecular flexibility index (Phi) is 28.7. The number of esters is 1. The summed E-state index contributed by atoms with van der Waals surface area (Å²) in [5, 5.41) is -18.0. The van der Waals surface area contributed by atoms with E-state index < -0.39 is 82.5 Å². The van der Waals surface area contributed by atoms with Crippen molar-refractivity contribution in [1.82, 2.24) is 4.31 Å². The maximum Gasteiger partial charge on any atom is 0.428 e. The Morgan fingerprint density at radius 1 is 0.692 bits per heavy atom. The average Bonchev–Trinajstić information content (AvgIpc) is 1.70. The summed E-state index contributed by atoms with van der Waals surface area (Å²) in [4.78, 5) is 68.9. The molecule has 0 bridgehead atoms.